The molecule has 1 unspecified atom stereocenters. The summed E-state index contributed by atoms with van der Waals surface area (Å²) < 4.78 is 0. The Morgan fingerprint density at radius 2 is 2.10 bits per heavy atom. The molecule has 3 nitrogen and oxygen atoms in total. The van der Waals surface area contributed by atoms with Crippen LogP contribution in [0.3, 0.4) is 0 Å². The van der Waals surface area contributed by atoms with Crippen molar-refractivity contribution < 1.29 is 9.59 Å². The Morgan fingerprint density at radius 3 is 2.20 bits per heavy atom. The van der Waals surface area contributed by atoms with E-state index in [4.69, 9.17) is 5.26 Å². The van der Waals surface area contributed by atoms with E-state index >= 15 is 0 Å². The van der Waals surface area contributed by atoms with E-state index in [1.807, 2.05) is 0 Å². The van der Waals surface area contributed by atoms with Gasteiger partial charge in [0, 0.05) is 0 Å². The van der Waals surface area contributed by atoms with Gasteiger partial charge < -0.3 is 4.79 Å². The van der Waals surface area contributed by atoms with Crippen molar-refractivity contribution in [2.24, 2.45) is 11.3 Å². The van der Waals surface area contributed by atoms with Gasteiger partial charge in [-0.1, -0.05) is 13.8 Å². The number of carbonyl (C=O) groups is 1. The predicted octanol–water partition coefficient (Wildman–Crippen LogP) is 0.461. The topological polar surface area (TPSA) is 57.9 Å². The molecule has 0 saturated carbocycles. The molecule has 0 saturated heterocycles. The lowest BCUT2D eigenvalue weighted by atomic mass is 9.82. The fourth-order valence-corrected chi connectivity index (χ4v) is 0.425. The second-order valence-electron chi connectivity index (χ2n) is 2.57. The van der Waals surface area contributed by atoms with E-state index in [1.165, 1.54) is 13.8 Å². The summed E-state index contributed by atoms with van der Waals surface area (Å²) in [6.07, 6.45) is 2.10. The van der Waals surface area contributed by atoms with E-state index in [0.29, 0.717) is 6.29 Å². The first-order valence-corrected chi connectivity index (χ1v) is 2.82. The van der Waals surface area contributed by atoms with Gasteiger partial charge in [0.15, 0.2) is 0 Å². The largest absolute Gasteiger partial charge is 0.302 e. The molecule has 0 aromatic heterocycles. The van der Waals surface area contributed by atoms with Gasteiger partial charge in [-0.2, -0.15) is 5.26 Å². The van der Waals surface area contributed by atoms with Crippen LogP contribution < -0.4 is 0 Å². The molecule has 0 aliphatic heterocycles. The zero-order valence-corrected chi connectivity index (χ0v) is 5.92. The van der Waals surface area contributed by atoms with Gasteiger partial charge >= 0.3 is 0 Å². The highest BCUT2D eigenvalue weighted by Gasteiger charge is 2.29. The van der Waals surface area contributed by atoms with Crippen LogP contribution in [0, 0.1) is 22.7 Å². The SMILES string of the molecule is CC(C)([C]=O)C(C#N)C=O. The van der Waals surface area contributed by atoms with E-state index in [0.717, 1.165) is 0 Å². The van der Waals surface area contributed by atoms with Gasteiger partial charge in [0.2, 0.25) is 6.29 Å². The van der Waals surface area contributed by atoms with Crippen molar-refractivity contribution in [2.45, 2.75) is 13.8 Å². The van der Waals surface area contributed by atoms with Crippen LogP contribution in [0.15, 0.2) is 0 Å². The van der Waals surface area contributed by atoms with Gasteiger partial charge in [0.1, 0.15) is 12.2 Å². The predicted molar refractivity (Wildman–Crippen MR) is 34.6 cm³/mol. The fourth-order valence-electron chi connectivity index (χ4n) is 0.425. The van der Waals surface area contributed by atoms with Crippen LogP contribution in [0.4, 0.5) is 0 Å². The number of rotatable bonds is 3. The number of hydrogen-bond donors (Lipinski definition) is 0. The molecule has 0 aliphatic rings. The van der Waals surface area contributed by atoms with Crippen molar-refractivity contribution >= 4 is 12.6 Å². The maximum Gasteiger partial charge on any atom is 0.206 e. The third kappa shape index (κ3) is 1.66. The van der Waals surface area contributed by atoms with E-state index in [1.54, 1.807) is 12.4 Å². The molecule has 53 valence electrons. The average molecular weight is 138 g/mol. The molecule has 10 heavy (non-hydrogen) atoms. The molecule has 0 spiro atoms. The van der Waals surface area contributed by atoms with Crippen LogP contribution in [0.5, 0.6) is 0 Å². The Hall–Kier alpha value is -1.17. The Kier molecular flexibility index (Phi) is 2.75. The molecule has 0 heterocycles. The first-order chi connectivity index (χ1) is 4.58. The minimum Gasteiger partial charge on any atom is -0.302 e. The first kappa shape index (κ1) is 8.83. The highest BCUT2D eigenvalue weighted by Crippen LogP contribution is 2.20. The zero-order chi connectivity index (χ0) is 8.20. The van der Waals surface area contributed by atoms with Crippen LogP contribution in [-0.2, 0) is 9.59 Å². The summed E-state index contributed by atoms with van der Waals surface area (Å²) in [4.78, 5) is 20.3. The van der Waals surface area contributed by atoms with Crippen molar-refractivity contribution in [3.8, 4) is 6.07 Å². The minimum atomic E-state index is -0.976. The molecule has 0 aromatic carbocycles. The number of aldehydes is 1. The minimum absolute atomic E-state index is 0.463. The summed E-state index contributed by atoms with van der Waals surface area (Å²) in [5.74, 6) is -0.884. The van der Waals surface area contributed by atoms with Crippen LogP contribution in [-0.4, -0.2) is 12.6 Å². The van der Waals surface area contributed by atoms with E-state index in [9.17, 15) is 9.59 Å². The van der Waals surface area contributed by atoms with E-state index in [-0.39, 0.29) is 0 Å². The van der Waals surface area contributed by atoms with Gasteiger partial charge in [-0.3, -0.25) is 4.79 Å². The fraction of sp³-hybridized carbons (Fsp3) is 0.571. The highest BCUT2D eigenvalue weighted by molar-refractivity contribution is 5.70. The smallest absolute Gasteiger partial charge is 0.206 e. The molecule has 1 atom stereocenters. The second kappa shape index (κ2) is 3.11. The molecule has 0 aromatic rings. The normalized spacial score (nSPS) is 13.3. The summed E-state index contributed by atoms with van der Waals surface area (Å²) >= 11 is 0. The van der Waals surface area contributed by atoms with Gasteiger partial charge in [0.05, 0.1) is 11.5 Å². The Labute approximate surface area is 59.6 Å². The standard InChI is InChI=1S/C7H8NO2/c1-7(2,5-10)6(3-8)4-9/h4,6H,1-2H3. The van der Waals surface area contributed by atoms with Gasteiger partial charge in [0.25, 0.3) is 0 Å². The molecule has 0 amide bonds. The number of nitriles is 1. The molecular weight excluding hydrogens is 130 g/mol. The summed E-state index contributed by atoms with van der Waals surface area (Å²) in [7, 11) is 0. The molecule has 0 fully saturated rings. The van der Waals surface area contributed by atoms with Crippen LogP contribution in [0.25, 0.3) is 0 Å². The maximum atomic E-state index is 10.2. The molecule has 0 aliphatic carbocycles. The molecule has 1 radical (unpaired) electrons. The first-order valence-electron chi connectivity index (χ1n) is 2.82. The zero-order valence-electron chi connectivity index (χ0n) is 5.92. The average Bonchev–Trinajstić information content (AvgIpc) is 1.90. The molecular formula is C7H8NO2. The quantitative estimate of drug-likeness (QED) is 0.532. The summed E-state index contributed by atoms with van der Waals surface area (Å²) in [6, 6.07) is 1.71. The Morgan fingerprint density at radius 1 is 1.60 bits per heavy atom. The van der Waals surface area contributed by atoms with Crippen molar-refractivity contribution in [3.05, 3.63) is 0 Å². The number of nitrogens with zero attached hydrogens (tertiary/aromatic N) is 1. The molecule has 3 heteroatoms. The van der Waals surface area contributed by atoms with Crippen molar-refractivity contribution in [1.82, 2.24) is 0 Å². The second-order valence-corrected chi connectivity index (χ2v) is 2.57. The van der Waals surface area contributed by atoms with Crippen LogP contribution in [0.1, 0.15) is 13.8 Å². The summed E-state index contributed by atoms with van der Waals surface area (Å²) in [5.41, 5.74) is -0.976. The van der Waals surface area contributed by atoms with Gasteiger partial charge in [-0.05, 0) is 0 Å². The maximum absolute atomic E-state index is 10.2. The summed E-state index contributed by atoms with van der Waals surface area (Å²) in [5, 5.41) is 8.33. The number of hydrogen-bond acceptors (Lipinski definition) is 3. The molecule has 0 rings (SSSR count). The van der Waals surface area contributed by atoms with Gasteiger partial charge in [-0.15, -0.1) is 0 Å². The highest BCUT2D eigenvalue weighted by atomic mass is 16.1. The third-order valence-corrected chi connectivity index (χ3v) is 1.32. The van der Waals surface area contributed by atoms with E-state index < -0.39 is 11.3 Å². The lowest BCUT2D eigenvalue weighted by Gasteiger charge is -2.15. The Balaban J connectivity index is 4.44. The number of carbonyl (C=O) groups excluding carboxylic acids is 2. The Bertz CT molecular complexity index is 179. The summed E-state index contributed by atoms with van der Waals surface area (Å²) in [6.45, 7) is 3.00. The van der Waals surface area contributed by atoms with Crippen molar-refractivity contribution in [1.29, 1.82) is 5.26 Å². The third-order valence-electron chi connectivity index (χ3n) is 1.32. The van der Waals surface area contributed by atoms with Crippen molar-refractivity contribution in [3.63, 3.8) is 0 Å². The lowest BCUT2D eigenvalue weighted by molar-refractivity contribution is -0.111. The van der Waals surface area contributed by atoms with Crippen LogP contribution in [0.2, 0.25) is 0 Å². The lowest BCUT2D eigenvalue weighted by Crippen LogP contribution is -2.25. The van der Waals surface area contributed by atoms with Gasteiger partial charge in [-0.25, -0.2) is 0 Å². The monoisotopic (exact) mass is 138 g/mol. The van der Waals surface area contributed by atoms with Crippen LogP contribution >= 0.6 is 0 Å². The molecule has 0 N–H and O–H groups in total. The van der Waals surface area contributed by atoms with E-state index in [2.05, 4.69) is 0 Å². The molecule has 0 bridgehead atoms. The van der Waals surface area contributed by atoms with Crippen molar-refractivity contribution in [2.75, 3.05) is 0 Å².